The average molecular weight is 272 g/mol. The second-order valence-electron chi connectivity index (χ2n) is 3.35. The van der Waals surface area contributed by atoms with Crippen LogP contribution < -0.4 is 4.74 Å². The molecule has 0 aliphatic carbocycles. The second-order valence-corrected chi connectivity index (χ2v) is 4.12. The fourth-order valence-corrected chi connectivity index (χ4v) is 1.94. The zero-order chi connectivity index (χ0) is 12.4. The first-order chi connectivity index (χ1) is 8.10. The predicted molar refractivity (Wildman–Crippen MR) is 66.2 cm³/mol. The van der Waals surface area contributed by atoms with Gasteiger partial charge in [0.2, 0.25) is 0 Å². The number of hydrogen-bond acceptors (Lipinski definition) is 2. The average Bonchev–Trinajstić information content (AvgIpc) is 2.27. The number of aromatic nitrogens is 1. The molecule has 1 aromatic carbocycles. The van der Waals surface area contributed by atoms with Crippen molar-refractivity contribution in [2.75, 3.05) is 7.11 Å². The third-order valence-corrected chi connectivity index (χ3v) is 2.64. The maximum Gasteiger partial charge on any atom is 0.134 e. The van der Waals surface area contributed by atoms with Crippen molar-refractivity contribution in [3.05, 3.63) is 46.5 Å². The summed E-state index contributed by atoms with van der Waals surface area (Å²) >= 11 is 11.5. The SMILES string of the molecule is COc1ccc(-c2cc(Cl)nc(Cl)c2)c(F)c1. The Hall–Kier alpha value is -1.32. The minimum Gasteiger partial charge on any atom is -0.497 e. The van der Waals surface area contributed by atoms with Crippen molar-refractivity contribution < 1.29 is 9.13 Å². The molecule has 0 spiro atoms. The number of benzene rings is 1. The Morgan fingerprint density at radius 3 is 2.29 bits per heavy atom. The molecule has 0 bridgehead atoms. The largest absolute Gasteiger partial charge is 0.497 e. The topological polar surface area (TPSA) is 22.1 Å². The molecule has 2 nitrogen and oxygen atoms in total. The van der Waals surface area contributed by atoms with Gasteiger partial charge in [-0.05, 0) is 29.8 Å². The Labute approximate surface area is 108 Å². The Balaban J connectivity index is 2.52. The lowest BCUT2D eigenvalue weighted by molar-refractivity contribution is 0.411. The van der Waals surface area contributed by atoms with E-state index in [9.17, 15) is 4.39 Å². The lowest BCUT2D eigenvalue weighted by atomic mass is 10.1. The van der Waals surface area contributed by atoms with Crippen LogP contribution in [-0.2, 0) is 0 Å². The third-order valence-electron chi connectivity index (χ3n) is 2.25. The van der Waals surface area contributed by atoms with Gasteiger partial charge in [0.25, 0.3) is 0 Å². The lowest BCUT2D eigenvalue weighted by Gasteiger charge is -2.06. The van der Waals surface area contributed by atoms with Gasteiger partial charge in [-0.3, -0.25) is 0 Å². The summed E-state index contributed by atoms with van der Waals surface area (Å²) in [5, 5.41) is 0.449. The molecule has 0 unspecified atom stereocenters. The van der Waals surface area contributed by atoms with Crippen LogP contribution in [0, 0.1) is 5.82 Å². The Kier molecular flexibility index (Phi) is 3.50. The highest BCUT2D eigenvalue weighted by Crippen LogP contribution is 2.29. The summed E-state index contributed by atoms with van der Waals surface area (Å²) in [5.74, 6) is 0.0557. The van der Waals surface area contributed by atoms with E-state index in [0.29, 0.717) is 16.9 Å². The van der Waals surface area contributed by atoms with Gasteiger partial charge in [0.05, 0.1) is 7.11 Å². The van der Waals surface area contributed by atoms with Crippen LogP contribution in [0.1, 0.15) is 0 Å². The van der Waals surface area contributed by atoms with Gasteiger partial charge in [-0.15, -0.1) is 0 Å². The van der Waals surface area contributed by atoms with Gasteiger partial charge in [-0.2, -0.15) is 0 Å². The molecule has 0 N–H and O–H groups in total. The molecule has 0 radical (unpaired) electrons. The summed E-state index contributed by atoms with van der Waals surface area (Å²) in [6.45, 7) is 0. The first kappa shape index (κ1) is 12.1. The highest BCUT2D eigenvalue weighted by Gasteiger charge is 2.08. The van der Waals surface area contributed by atoms with Gasteiger partial charge in [0, 0.05) is 11.6 Å². The van der Waals surface area contributed by atoms with Crippen LogP contribution in [0.25, 0.3) is 11.1 Å². The number of pyridine rings is 1. The van der Waals surface area contributed by atoms with Gasteiger partial charge in [-0.25, -0.2) is 9.37 Å². The monoisotopic (exact) mass is 271 g/mol. The fourth-order valence-electron chi connectivity index (χ4n) is 1.48. The number of ether oxygens (including phenoxy) is 1. The van der Waals surface area contributed by atoms with E-state index in [4.69, 9.17) is 27.9 Å². The number of methoxy groups -OCH3 is 1. The van der Waals surface area contributed by atoms with Crippen LogP contribution in [0.4, 0.5) is 4.39 Å². The van der Waals surface area contributed by atoms with Gasteiger partial charge in [-0.1, -0.05) is 23.2 Å². The first-order valence-electron chi connectivity index (χ1n) is 4.77. The van der Waals surface area contributed by atoms with Crippen molar-refractivity contribution in [2.24, 2.45) is 0 Å². The standard InChI is InChI=1S/C12H8Cl2FNO/c1-17-8-2-3-9(10(15)6-8)7-4-11(13)16-12(14)5-7/h2-6H,1H3. The maximum atomic E-state index is 13.8. The summed E-state index contributed by atoms with van der Waals surface area (Å²) in [4.78, 5) is 3.81. The molecular weight excluding hydrogens is 264 g/mol. The van der Waals surface area contributed by atoms with Crippen LogP contribution in [0.5, 0.6) is 5.75 Å². The van der Waals surface area contributed by atoms with Crippen LogP contribution in [0.2, 0.25) is 10.3 Å². The van der Waals surface area contributed by atoms with E-state index < -0.39 is 5.82 Å². The van der Waals surface area contributed by atoms with E-state index in [1.165, 1.54) is 13.2 Å². The molecule has 1 heterocycles. The van der Waals surface area contributed by atoms with Crippen LogP contribution in [-0.4, -0.2) is 12.1 Å². The van der Waals surface area contributed by atoms with Crippen molar-refractivity contribution in [3.63, 3.8) is 0 Å². The number of hydrogen-bond donors (Lipinski definition) is 0. The molecule has 0 saturated carbocycles. The van der Waals surface area contributed by atoms with Crippen LogP contribution in [0.15, 0.2) is 30.3 Å². The van der Waals surface area contributed by atoms with E-state index in [0.717, 1.165) is 0 Å². The van der Waals surface area contributed by atoms with Crippen molar-refractivity contribution >= 4 is 23.2 Å². The van der Waals surface area contributed by atoms with Gasteiger partial charge in [0.1, 0.15) is 21.9 Å². The summed E-state index contributed by atoms with van der Waals surface area (Å²) in [6, 6.07) is 7.69. The molecule has 0 atom stereocenters. The summed E-state index contributed by atoms with van der Waals surface area (Å²) < 4.78 is 18.7. The number of nitrogens with zero attached hydrogens (tertiary/aromatic N) is 1. The van der Waals surface area contributed by atoms with Gasteiger partial charge >= 0.3 is 0 Å². The van der Waals surface area contributed by atoms with Gasteiger partial charge in [0.15, 0.2) is 0 Å². The van der Waals surface area contributed by atoms with Crippen molar-refractivity contribution in [1.82, 2.24) is 4.98 Å². The zero-order valence-corrected chi connectivity index (χ0v) is 10.4. The minimum atomic E-state index is -0.400. The lowest BCUT2D eigenvalue weighted by Crippen LogP contribution is -1.89. The number of rotatable bonds is 2. The fraction of sp³-hybridized carbons (Fsp3) is 0.0833. The summed E-state index contributed by atoms with van der Waals surface area (Å²) in [6.07, 6.45) is 0. The summed E-state index contributed by atoms with van der Waals surface area (Å²) in [5.41, 5.74) is 0.979. The van der Waals surface area contributed by atoms with Crippen molar-refractivity contribution in [2.45, 2.75) is 0 Å². The Bertz CT molecular complexity index is 540. The van der Waals surface area contributed by atoms with Crippen LogP contribution in [0.3, 0.4) is 0 Å². The highest BCUT2D eigenvalue weighted by molar-refractivity contribution is 6.32. The van der Waals surface area contributed by atoms with E-state index in [2.05, 4.69) is 4.98 Å². The molecule has 0 aliphatic rings. The normalized spacial score (nSPS) is 10.4. The van der Waals surface area contributed by atoms with Crippen LogP contribution >= 0.6 is 23.2 Å². The maximum absolute atomic E-state index is 13.8. The molecule has 0 amide bonds. The molecule has 0 aliphatic heterocycles. The zero-order valence-electron chi connectivity index (χ0n) is 8.88. The van der Waals surface area contributed by atoms with E-state index in [1.807, 2.05) is 0 Å². The smallest absolute Gasteiger partial charge is 0.134 e. The molecule has 88 valence electrons. The second kappa shape index (κ2) is 4.90. The number of halogens is 3. The molecule has 2 aromatic rings. The van der Waals surface area contributed by atoms with Crippen molar-refractivity contribution in [1.29, 1.82) is 0 Å². The molecule has 17 heavy (non-hydrogen) atoms. The quantitative estimate of drug-likeness (QED) is 0.764. The molecule has 1 aromatic heterocycles. The molecular formula is C12H8Cl2FNO. The highest BCUT2D eigenvalue weighted by atomic mass is 35.5. The predicted octanol–water partition coefficient (Wildman–Crippen LogP) is 4.20. The van der Waals surface area contributed by atoms with Crippen molar-refractivity contribution in [3.8, 4) is 16.9 Å². The van der Waals surface area contributed by atoms with E-state index in [-0.39, 0.29) is 10.3 Å². The van der Waals surface area contributed by atoms with E-state index in [1.54, 1.807) is 24.3 Å². The third kappa shape index (κ3) is 2.68. The Morgan fingerprint density at radius 2 is 1.76 bits per heavy atom. The first-order valence-corrected chi connectivity index (χ1v) is 5.53. The molecule has 5 heteroatoms. The summed E-state index contributed by atoms with van der Waals surface area (Å²) in [7, 11) is 1.48. The van der Waals surface area contributed by atoms with Gasteiger partial charge < -0.3 is 4.74 Å². The minimum absolute atomic E-state index is 0.225. The Morgan fingerprint density at radius 1 is 1.12 bits per heavy atom. The van der Waals surface area contributed by atoms with E-state index >= 15 is 0 Å². The molecule has 0 saturated heterocycles. The molecule has 2 rings (SSSR count). The molecule has 0 fully saturated rings.